The van der Waals surface area contributed by atoms with Crippen molar-refractivity contribution in [1.29, 1.82) is 0 Å². The lowest BCUT2D eigenvalue weighted by atomic mass is 10.1. The maximum Gasteiger partial charge on any atom is 0.0375 e. The Balaban J connectivity index is 0.000000138. The maximum absolute atomic E-state index is 5.43. The van der Waals surface area contributed by atoms with Crippen molar-refractivity contribution in [2.24, 2.45) is 0 Å². The number of hydrogen-bond acceptors (Lipinski definition) is 2. The van der Waals surface area contributed by atoms with Crippen LogP contribution in [-0.4, -0.2) is 6.04 Å². The minimum Gasteiger partial charge on any atom is -0.399 e. The molecular weight excluding hydrogens is 220 g/mol. The Morgan fingerprint density at radius 1 is 1.06 bits per heavy atom. The average Bonchev–Trinajstić information content (AvgIpc) is 2.74. The van der Waals surface area contributed by atoms with Gasteiger partial charge >= 0.3 is 0 Å². The third kappa shape index (κ3) is 3.27. The number of nitrogens with two attached hydrogens (primary N) is 1. The number of para-hydroxylation sites is 1. The molecule has 0 spiro atoms. The number of nitrogen functional groups attached to an aromatic ring is 1. The molecule has 18 heavy (non-hydrogen) atoms. The third-order valence-corrected chi connectivity index (χ3v) is 3.02. The third-order valence-electron chi connectivity index (χ3n) is 3.02. The minimum absolute atomic E-state index is 0.623. The van der Waals surface area contributed by atoms with E-state index < -0.39 is 0 Å². The van der Waals surface area contributed by atoms with Gasteiger partial charge in [-0.1, -0.05) is 35.9 Å². The molecule has 1 atom stereocenters. The molecule has 1 unspecified atom stereocenters. The lowest BCUT2D eigenvalue weighted by Crippen LogP contribution is -2.08. The summed E-state index contributed by atoms with van der Waals surface area (Å²) in [5.41, 5.74) is 10.3. The molecule has 0 aromatic heterocycles. The van der Waals surface area contributed by atoms with Crippen molar-refractivity contribution in [2.45, 2.75) is 26.3 Å². The van der Waals surface area contributed by atoms with Crippen molar-refractivity contribution >= 4 is 11.4 Å². The highest BCUT2D eigenvalue weighted by molar-refractivity contribution is 5.56. The van der Waals surface area contributed by atoms with E-state index in [1.165, 1.54) is 23.2 Å². The molecule has 0 amide bonds. The monoisotopic (exact) mass is 240 g/mol. The predicted molar refractivity (Wildman–Crippen MR) is 78.8 cm³/mol. The van der Waals surface area contributed by atoms with Crippen LogP contribution in [0.15, 0.2) is 48.5 Å². The molecular formula is C16H20N2. The molecule has 2 aromatic carbocycles. The summed E-state index contributed by atoms with van der Waals surface area (Å²) >= 11 is 0. The molecule has 0 fully saturated rings. The first kappa shape index (κ1) is 12.5. The Morgan fingerprint density at radius 3 is 2.33 bits per heavy atom. The van der Waals surface area contributed by atoms with Crippen LogP contribution in [0, 0.1) is 6.92 Å². The van der Waals surface area contributed by atoms with Crippen molar-refractivity contribution in [3.05, 3.63) is 59.7 Å². The summed E-state index contributed by atoms with van der Waals surface area (Å²) in [6, 6.07) is 16.9. The smallest absolute Gasteiger partial charge is 0.0375 e. The standard InChI is InChI=1S/C9H11N.C7H9N/c1-7-6-8-4-2-3-5-9(8)10-7;1-6-2-4-7(8)5-3-6/h2-5,7,10H,6H2,1H3;2-5H,8H2,1H3. The van der Waals surface area contributed by atoms with Crippen molar-refractivity contribution in [2.75, 3.05) is 11.1 Å². The van der Waals surface area contributed by atoms with Gasteiger partial charge in [-0.05, 0) is 44.0 Å². The molecule has 0 bridgehead atoms. The summed E-state index contributed by atoms with van der Waals surface area (Å²) in [6.07, 6.45) is 1.18. The van der Waals surface area contributed by atoms with Gasteiger partial charge in [-0.15, -0.1) is 0 Å². The maximum atomic E-state index is 5.43. The zero-order valence-electron chi connectivity index (χ0n) is 11.0. The second kappa shape index (κ2) is 5.58. The van der Waals surface area contributed by atoms with Gasteiger partial charge in [-0.2, -0.15) is 0 Å². The first-order chi connectivity index (χ1) is 8.65. The molecule has 0 saturated heterocycles. The Labute approximate surface area is 109 Å². The molecule has 3 N–H and O–H groups in total. The Hall–Kier alpha value is -1.96. The van der Waals surface area contributed by atoms with Gasteiger partial charge in [0.05, 0.1) is 0 Å². The highest BCUT2D eigenvalue weighted by Crippen LogP contribution is 2.24. The van der Waals surface area contributed by atoms with Crippen molar-refractivity contribution in [1.82, 2.24) is 0 Å². The number of fused-ring (bicyclic) bond motifs is 1. The average molecular weight is 240 g/mol. The fourth-order valence-electron chi connectivity index (χ4n) is 2.05. The van der Waals surface area contributed by atoms with Gasteiger partial charge in [-0.3, -0.25) is 0 Å². The quantitative estimate of drug-likeness (QED) is 0.690. The number of benzene rings is 2. The van der Waals surface area contributed by atoms with Crippen LogP contribution in [0.4, 0.5) is 11.4 Å². The van der Waals surface area contributed by atoms with Crippen LogP contribution >= 0.6 is 0 Å². The van der Waals surface area contributed by atoms with Gasteiger partial charge in [-0.25, -0.2) is 0 Å². The number of aryl methyl sites for hydroxylation is 1. The summed E-state index contributed by atoms with van der Waals surface area (Å²) in [5.74, 6) is 0. The van der Waals surface area contributed by atoms with E-state index in [1.807, 2.05) is 31.2 Å². The normalized spacial score (nSPS) is 16.2. The lowest BCUT2D eigenvalue weighted by molar-refractivity contribution is 0.839. The van der Waals surface area contributed by atoms with E-state index in [2.05, 4.69) is 36.5 Å². The molecule has 0 radical (unpaired) electrons. The van der Waals surface area contributed by atoms with Gasteiger partial charge in [0.1, 0.15) is 0 Å². The summed E-state index contributed by atoms with van der Waals surface area (Å²) in [4.78, 5) is 0. The summed E-state index contributed by atoms with van der Waals surface area (Å²) in [7, 11) is 0. The highest BCUT2D eigenvalue weighted by atomic mass is 14.9. The van der Waals surface area contributed by atoms with E-state index in [1.54, 1.807) is 0 Å². The van der Waals surface area contributed by atoms with Crippen LogP contribution in [0.1, 0.15) is 18.1 Å². The van der Waals surface area contributed by atoms with E-state index in [0.29, 0.717) is 6.04 Å². The molecule has 0 saturated carbocycles. The van der Waals surface area contributed by atoms with Crippen LogP contribution in [0.3, 0.4) is 0 Å². The first-order valence-electron chi connectivity index (χ1n) is 6.32. The highest BCUT2D eigenvalue weighted by Gasteiger charge is 2.14. The van der Waals surface area contributed by atoms with Gasteiger partial charge in [0.15, 0.2) is 0 Å². The summed E-state index contributed by atoms with van der Waals surface area (Å²) in [6.45, 7) is 4.25. The van der Waals surface area contributed by atoms with E-state index in [9.17, 15) is 0 Å². The predicted octanol–water partition coefficient (Wildman–Crippen LogP) is 3.62. The Morgan fingerprint density at radius 2 is 1.72 bits per heavy atom. The number of nitrogens with one attached hydrogen (secondary N) is 1. The lowest BCUT2D eigenvalue weighted by Gasteiger charge is -2.00. The Bertz CT molecular complexity index is 457. The van der Waals surface area contributed by atoms with Gasteiger partial charge in [0.2, 0.25) is 0 Å². The zero-order chi connectivity index (χ0) is 13.0. The topological polar surface area (TPSA) is 38.0 Å². The summed E-state index contributed by atoms with van der Waals surface area (Å²) < 4.78 is 0. The van der Waals surface area contributed by atoms with Crippen LogP contribution in [0.5, 0.6) is 0 Å². The molecule has 3 rings (SSSR count). The van der Waals surface area contributed by atoms with E-state index in [0.717, 1.165) is 5.69 Å². The molecule has 0 aliphatic carbocycles. The van der Waals surface area contributed by atoms with Crippen LogP contribution < -0.4 is 11.1 Å². The molecule has 1 aliphatic heterocycles. The second-order valence-electron chi connectivity index (χ2n) is 4.82. The van der Waals surface area contributed by atoms with Crippen molar-refractivity contribution < 1.29 is 0 Å². The fourth-order valence-corrected chi connectivity index (χ4v) is 2.05. The molecule has 2 aromatic rings. The number of hydrogen-bond donors (Lipinski definition) is 2. The van der Waals surface area contributed by atoms with Crippen molar-refractivity contribution in [3.63, 3.8) is 0 Å². The first-order valence-corrected chi connectivity index (χ1v) is 6.32. The molecule has 1 aliphatic rings. The minimum atomic E-state index is 0.623. The molecule has 1 heterocycles. The second-order valence-corrected chi connectivity index (χ2v) is 4.82. The van der Waals surface area contributed by atoms with Crippen LogP contribution in [0.2, 0.25) is 0 Å². The Kier molecular flexibility index (Phi) is 3.88. The van der Waals surface area contributed by atoms with Crippen LogP contribution in [0.25, 0.3) is 0 Å². The van der Waals surface area contributed by atoms with Crippen LogP contribution in [-0.2, 0) is 6.42 Å². The largest absolute Gasteiger partial charge is 0.399 e. The van der Waals surface area contributed by atoms with E-state index in [4.69, 9.17) is 5.73 Å². The SMILES string of the molecule is CC1Cc2ccccc2N1.Cc1ccc(N)cc1. The molecule has 94 valence electrons. The van der Waals surface area contributed by atoms with Gasteiger partial charge < -0.3 is 11.1 Å². The van der Waals surface area contributed by atoms with Crippen molar-refractivity contribution in [3.8, 4) is 0 Å². The number of anilines is 2. The fraction of sp³-hybridized carbons (Fsp3) is 0.250. The summed E-state index contributed by atoms with van der Waals surface area (Å²) in [5, 5.41) is 3.40. The van der Waals surface area contributed by atoms with E-state index in [-0.39, 0.29) is 0 Å². The zero-order valence-corrected chi connectivity index (χ0v) is 11.0. The van der Waals surface area contributed by atoms with E-state index >= 15 is 0 Å². The molecule has 2 heteroatoms. The number of rotatable bonds is 0. The van der Waals surface area contributed by atoms with Gasteiger partial charge in [0, 0.05) is 17.4 Å². The van der Waals surface area contributed by atoms with Gasteiger partial charge in [0.25, 0.3) is 0 Å². The molecule has 2 nitrogen and oxygen atoms in total.